The summed E-state index contributed by atoms with van der Waals surface area (Å²) in [6.07, 6.45) is 0. The number of hydrogen-bond donors (Lipinski definition) is 2. The van der Waals surface area contributed by atoms with Gasteiger partial charge in [0, 0.05) is 11.6 Å². The van der Waals surface area contributed by atoms with Crippen LogP contribution in [-0.2, 0) is 4.79 Å². The van der Waals surface area contributed by atoms with E-state index in [1.54, 1.807) is 25.1 Å². The second kappa shape index (κ2) is 8.31. The van der Waals surface area contributed by atoms with Crippen molar-refractivity contribution in [1.29, 1.82) is 0 Å². The second-order valence-corrected chi connectivity index (χ2v) is 5.96. The minimum atomic E-state index is -1.28. The molecule has 27 heavy (non-hydrogen) atoms. The molecule has 0 radical (unpaired) electrons. The van der Waals surface area contributed by atoms with Crippen LogP contribution in [0.4, 0.5) is 5.69 Å². The Morgan fingerprint density at radius 2 is 1.89 bits per heavy atom. The van der Waals surface area contributed by atoms with E-state index in [9.17, 15) is 24.8 Å². The molecule has 0 aliphatic carbocycles. The SMILES string of the molecule is CCOc1ccc(C(=O)NC(C(=O)O)c2ccc(C)c(C)c2)cc1[N+](=O)[O-]. The maximum Gasteiger partial charge on any atom is 0.330 e. The van der Waals surface area contributed by atoms with E-state index in [1.807, 2.05) is 13.8 Å². The standard InChI is InChI=1S/C19H20N2O6/c1-4-27-16-8-7-14(10-15(16)21(25)26)18(22)20-17(19(23)24)13-6-5-11(2)12(3)9-13/h5-10,17H,4H2,1-3H3,(H,20,22)(H,23,24). The van der Waals surface area contributed by atoms with Gasteiger partial charge in [0.2, 0.25) is 0 Å². The van der Waals surface area contributed by atoms with Crippen LogP contribution >= 0.6 is 0 Å². The molecule has 0 spiro atoms. The average molecular weight is 372 g/mol. The summed E-state index contributed by atoms with van der Waals surface area (Å²) in [5.41, 5.74) is 1.92. The third-order valence-electron chi connectivity index (χ3n) is 4.10. The number of hydrogen-bond acceptors (Lipinski definition) is 5. The summed E-state index contributed by atoms with van der Waals surface area (Å²) in [6, 6.07) is 7.56. The summed E-state index contributed by atoms with van der Waals surface area (Å²) in [5.74, 6) is -1.91. The summed E-state index contributed by atoms with van der Waals surface area (Å²) < 4.78 is 5.18. The fraction of sp³-hybridized carbons (Fsp3) is 0.263. The number of carbonyl (C=O) groups is 2. The molecule has 2 aromatic carbocycles. The van der Waals surface area contributed by atoms with E-state index in [0.29, 0.717) is 5.56 Å². The van der Waals surface area contributed by atoms with E-state index in [-0.39, 0.29) is 23.6 Å². The Labute approximate surface area is 155 Å². The Morgan fingerprint density at radius 3 is 2.44 bits per heavy atom. The molecule has 2 rings (SSSR count). The molecule has 8 nitrogen and oxygen atoms in total. The zero-order valence-electron chi connectivity index (χ0n) is 15.2. The Morgan fingerprint density at radius 1 is 1.19 bits per heavy atom. The number of carbonyl (C=O) groups excluding carboxylic acids is 1. The van der Waals surface area contributed by atoms with Gasteiger partial charge in [0.25, 0.3) is 5.91 Å². The van der Waals surface area contributed by atoms with Crippen molar-refractivity contribution in [2.75, 3.05) is 6.61 Å². The molecule has 1 atom stereocenters. The van der Waals surface area contributed by atoms with Crippen molar-refractivity contribution in [3.05, 3.63) is 68.8 Å². The molecular formula is C19H20N2O6. The van der Waals surface area contributed by atoms with Crippen molar-refractivity contribution in [3.8, 4) is 5.75 Å². The topological polar surface area (TPSA) is 119 Å². The molecule has 0 saturated heterocycles. The number of carboxylic acids is 1. The normalized spacial score (nSPS) is 11.5. The maximum atomic E-state index is 12.5. The van der Waals surface area contributed by atoms with E-state index >= 15 is 0 Å². The summed E-state index contributed by atoms with van der Waals surface area (Å²) in [5, 5.41) is 23.1. The minimum Gasteiger partial charge on any atom is -0.487 e. The van der Waals surface area contributed by atoms with Gasteiger partial charge in [-0.1, -0.05) is 18.2 Å². The molecule has 0 heterocycles. The first-order chi connectivity index (χ1) is 12.7. The summed E-state index contributed by atoms with van der Waals surface area (Å²) in [7, 11) is 0. The first kappa shape index (κ1) is 19.9. The Balaban J connectivity index is 2.32. The van der Waals surface area contributed by atoms with Crippen LogP contribution in [0.25, 0.3) is 0 Å². The Hall–Kier alpha value is -3.42. The third-order valence-corrected chi connectivity index (χ3v) is 4.10. The van der Waals surface area contributed by atoms with Crippen molar-refractivity contribution in [1.82, 2.24) is 5.32 Å². The van der Waals surface area contributed by atoms with Crippen LogP contribution in [0.3, 0.4) is 0 Å². The predicted molar refractivity (Wildman–Crippen MR) is 98.0 cm³/mol. The zero-order chi connectivity index (χ0) is 20.1. The van der Waals surface area contributed by atoms with Crippen LogP contribution in [0.2, 0.25) is 0 Å². The number of amides is 1. The lowest BCUT2D eigenvalue weighted by atomic mass is 10.0. The summed E-state index contributed by atoms with van der Waals surface area (Å²) in [6.45, 7) is 5.66. The van der Waals surface area contributed by atoms with Gasteiger partial charge in [0.15, 0.2) is 11.8 Å². The van der Waals surface area contributed by atoms with Crippen LogP contribution in [0.15, 0.2) is 36.4 Å². The van der Waals surface area contributed by atoms with Gasteiger partial charge in [0.1, 0.15) is 0 Å². The lowest BCUT2D eigenvalue weighted by Crippen LogP contribution is -2.33. The zero-order valence-corrected chi connectivity index (χ0v) is 15.2. The fourth-order valence-corrected chi connectivity index (χ4v) is 2.53. The molecule has 0 aliphatic rings. The van der Waals surface area contributed by atoms with Gasteiger partial charge in [-0.05, 0) is 49.6 Å². The molecule has 0 aliphatic heterocycles. The smallest absolute Gasteiger partial charge is 0.330 e. The largest absolute Gasteiger partial charge is 0.487 e. The first-order valence-electron chi connectivity index (χ1n) is 8.26. The lowest BCUT2D eigenvalue weighted by molar-refractivity contribution is -0.385. The Kier molecular flexibility index (Phi) is 6.12. The molecule has 2 aromatic rings. The lowest BCUT2D eigenvalue weighted by Gasteiger charge is -2.16. The van der Waals surface area contributed by atoms with Gasteiger partial charge < -0.3 is 15.2 Å². The van der Waals surface area contributed by atoms with E-state index in [2.05, 4.69) is 5.32 Å². The number of aliphatic carboxylic acids is 1. The van der Waals surface area contributed by atoms with Gasteiger partial charge in [-0.25, -0.2) is 4.79 Å². The van der Waals surface area contributed by atoms with Crippen LogP contribution in [0.1, 0.15) is 40.0 Å². The number of rotatable bonds is 7. The number of aryl methyl sites for hydroxylation is 2. The number of nitrogens with one attached hydrogen (secondary N) is 1. The molecule has 142 valence electrons. The second-order valence-electron chi connectivity index (χ2n) is 5.96. The van der Waals surface area contributed by atoms with Gasteiger partial charge in [-0.3, -0.25) is 14.9 Å². The average Bonchev–Trinajstić information content (AvgIpc) is 2.62. The first-order valence-corrected chi connectivity index (χ1v) is 8.26. The van der Waals surface area contributed by atoms with Crippen molar-refractivity contribution in [2.45, 2.75) is 26.8 Å². The predicted octanol–water partition coefficient (Wildman–Crippen LogP) is 3.17. The molecule has 2 N–H and O–H groups in total. The molecule has 0 aromatic heterocycles. The highest BCUT2D eigenvalue weighted by Crippen LogP contribution is 2.28. The Bertz CT molecular complexity index is 894. The van der Waals surface area contributed by atoms with E-state index in [4.69, 9.17) is 4.74 Å². The van der Waals surface area contributed by atoms with E-state index < -0.39 is 22.8 Å². The van der Waals surface area contributed by atoms with Crippen LogP contribution in [-0.4, -0.2) is 28.5 Å². The number of nitro benzene ring substituents is 1. The van der Waals surface area contributed by atoms with Crippen molar-refractivity contribution in [3.63, 3.8) is 0 Å². The maximum absolute atomic E-state index is 12.5. The minimum absolute atomic E-state index is 0.0276. The summed E-state index contributed by atoms with van der Waals surface area (Å²) in [4.78, 5) is 34.7. The molecular weight excluding hydrogens is 352 g/mol. The highest BCUT2D eigenvalue weighted by molar-refractivity contribution is 5.97. The van der Waals surface area contributed by atoms with Gasteiger partial charge in [-0.2, -0.15) is 0 Å². The van der Waals surface area contributed by atoms with Crippen molar-refractivity contribution >= 4 is 17.6 Å². The van der Waals surface area contributed by atoms with Crippen LogP contribution in [0.5, 0.6) is 5.75 Å². The number of nitrogens with zero attached hydrogens (tertiary/aromatic N) is 1. The van der Waals surface area contributed by atoms with Crippen LogP contribution in [0, 0.1) is 24.0 Å². The fourth-order valence-electron chi connectivity index (χ4n) is 2.53. The van der Waals surface area contributed by atoms with Crippen molar-refractivity contribution in [2.24, 2.45) is 0 Å². The van der Waals surface area contributed by atoms with Gasteiger partial charge in [-0.15, -0.1) is 0 Å². The highest BCUT2D eigenvalue weighted by atomic mass is 16.6. The molecule has 1 unspecified atom stereocenters. The molecule has 0 fully saturated rings. The molecule has 8 heteroatoms. The summed E-state index contributed by atoms with van der Waals surface area (Å²) >= 11 is 0. The number of ether oxygens (including phenoxy) is 1. The third kappa shape index (κ3) is 4.60. The monoisotopic (exact) mass is 372 g/mol. The van der Waals surface area contributed by atoms with Gasteiger partial charge >= 0.3 is 11.7 Å². The molecule has 1 amide bonds. The van der Waals surface area contributed by atoms with Crippen LogP contribution < -0.4 is 10.1 Å². The molecule has 0 saturated carbocycles. The van der Waals surface area contributed by atoms with Gasteiger partial charge in [0.05, 0.1) is 11.5 Å². The number of nitro groups is 1. The van der Waals surface area contributed by atoms with E-state index in [1.165, 1.54) is 12.1 Å². The number of carboxylic acid groups (broad SMARTS) is 1. The van der Waals surface area contributed by atoms with Crippen molar-refractivity contribution < 1.29 is 24.4 Å². The highest BCUT2D eigenvalue weighted by Gasteiger charge is 2.25. The van der Waals surface area contributed by atoms with E-state index in [0.717, 1.165) is 17.2 Å². The quantitative estimate of drug-likeness (QED) is 0.569. The number of benzene rings is 2. The molecule has 0 bridgehead atoms.